The van der Waals surface area contributed by atoms with Gasteiger partial charge in [0, 0.05) is 25.3 Å². The molecule has 0 atom stereocenters. The summed E-state index contributed by atoms with van der Waals surface area (Å²) >= 11 is 4.58. The second kappa shape index (κ2) is 4.82. The molecule has 2 rings (SSSR count). The average molecular weight is 249 g/mol. The highest BCUT2D eigenvalue weighted by molar-refractivity contribution is 7.78. The summed E-state index contributed by atoms with van der Waals surface area (Å²) in [5, 5.41) is 2.27. The van der Waals surface area contributed by atoms with Crippen molar-refractivity contribution in [1.29, 1.82) is 0 Å². The molecule has 5 heteroatoms. The highest BCUT2D eigenvalue weighted by Crippen LogP contribution is 2.23. The molecule has 2 heterocycles. The van der Waals surface area contributed by atoms with E-state index in [1.54, 1.807) is 10.6 Å². The van der Waals surface area contributed by atoms with Crippen LogP contribution < -0.4 is 10.5 Å². The smallest absolute Gasteiger partial charge is 0.277 e. The summed E-state index contributed by atoms with van der Waals surface area (Å²) in [6, 6.07) is 1.91. The van der Waals surface area contributed by atoms with Gasteiger partial charge in [-0.2, -0.15) is 4.99 Å². The molecule has 0 unspecified atom stereocenters. The second-order valence-corrected chi connectivity index (χ2v) is 4.62. The maximum absolute atomic E-state index is 12.0. The number of aromatic nitrogens is 1. The third kappa shape index (κ3) is 2.30. The predicted molar refractivity (Wildman–Crippen MR) is 72.6 cm³/mol. The number of nitrogens with zero attached hydrogens (tertiary/aromatic N) is 3. The van der Waals surface area contributed by atoms with Crippen LogP contribution in [0.1, 0.15) is 26.3 Å². The Morgan fingerprint density at radius 1 is 1.47 bits per heavy atom. The minimum absolute atomic E-state index is 0.110. The van der Waals surface area contributed by atoms with Gasteiger partial charge in [0.2, 0.25) is 0 Å². The molecule has 4 nitrogen and oxygen atoms in total. The predicted octanol–water partition coefficient (Wildman–Crippen LogP) is 2.37. The fourth-order valence-corrected chi connectivity index (χ4v) is 1.93. The van der Waals surface area contributed by atoms with Crippen LogP contribution in [-0.4, -0.2) is 22.8 Å². The standard InChI is InChI=1S/C12H15N3OS/c1-9(2)15-7-10(14-4-3-5-14)6-11(12(15)16)13-8-17/h6-7,9H,3-5H2,1-2H3. The Hall–Kier alpha value is -1.45. The Morgan fingerprint density at radius 3 is 2.65 bits per heavy atom. The first kappa shape index (κ1) is 12.0. The number of aliphatic imine (C=N–C) groups is 1. The first-order valence-corrected chi connectivity index (χ1v) is 6.13. The Bertz CT molecular complexity index is 525. The number of pyridine rings is 1. The van der Waals surface area contributed by atoms with E-state index in [0.29, 0.717) is 5.69 Å². The van der Waals surface area contributed by atoms with E-state index in [2.05, 4.69) is 27.3 Å². The molecule has 1 aliphatic rings. The lowest BCUT2D eigenvalue weighted by Crippen LogP contribution is -2.38. The molecule has 90 valence electrons. The molecule has 0 spiro atoms. The van der Waals surface area contributed by atoms with Crippen molar-refractivity contribution < 1.29 is 0 Å². The zero-order chi connectivity index (χ0) is 12.4. The van der Waals surface area contributed by atoms with E-state index in [-0.39, 0.29) is 11.6 Å². The molecule has 17 heavy (non-hydrogen) atoms. The number of thiocarbonyl (C=S) groups is 1. The van der Waals surface area contributed by atoms with E-state index < -0.39 is 0 Å². The van der Waals surface area contributed by atoms with Crippen molar-refractivity contribution >= 4 is 28.8 Å². The molecule has 0 amide bonds. The van der Waals surface area contributed by atoms with Crippen LogP contribution in [0.3, 0.4) is 0 Å². The molecular formula is C12H15N3OS. The lowest BCUT2D eigenvalue weighted by atomic mass is 10.2. The molecule has 0 aromatic carbocycles. The topological polar surface area (TPSA) is 37.6 Å². The van der Waals surface area contributed by atoms with Crippen LogP contribution >= 0.6 is 12.2 Å². The monoisotopic (exact) mass is 249 g/mol. The maximum atomic E-state index is 12.0. The zero-order valence-corrected chi connectivity index (χ0v) is 10.8. The Balaban J connectivity index is 2.55. The SMILES string of the molecule is CC(C)n1cc(N2CCC2)cc(N=C=S)c1=O. The molecule has 0 N–H and O–H groups in total. The normalized spacial score (nSPS) is 14.4. The summed E-state index contributed by atoms with van der Waals surface area (Å²) in [6.07, 6.45) is 3.10. The fraction of sp³-hybridized carbons (Fsp3) is 0.500. The van der Waals surface area contributed by atoms with Crippen LogP contribution in [-0.2, 0) is 0 Å². The minimum Gasteiger partial charge on any atom is -0.370 e. The highest BCUT2D eigenvalue weighted by Gasteiger charge is 2.17. The number of isothiocyanates is 1. The summed E-state index contributed by atoms with van der Waals surface area (Å²) in [7, 11) is 0. The van der Waals surface area contributed by atoms with Crippen molar-refractivity contribution in [2.75, 3.05) is 18.0 Å². The van der Waals surface area contributed by atoms with Crippen LogP contribution in [0.4, 0.5) is 11.4 Å². The van der Waals surface area contributed by atoms with Gasteiger partial charge < -0.3 is 9.47 Å². The minimum atomic E-state index is -0.110. The molecule has 1 aromatic heterocycles. The van der Waals surface area contributed by atoms with Gasteiger partial charge in [0.25, 0.3) is 5.56 Å². The maximum Gasteiger partial charge on any atom is 0.277 e. The average Bonchev–Trinajstić information content (AvgIpc) is 2.19. The lowest BCUT2D eigenvalue weighted by molar-refractivity contribution is 0.567. The Labute approximate surface area is 106 Å². The van der Waals surface area contributed by atoms with E-state index in [9.17, 15) is 4.79 Å². The van der Waals surface area contributed by atoms with Crippen LogP contribution in [0.25, 0.3) is 0 Å². The second-order valence-electron chi connectivity index (χ2n) is 4.43. The van der Waals surface area contributed by atoms with Crippen molar-refractivity contribution in [2.45, 2.75) is 26.3 Å². The Morgan fingerprint density at radius 2 is 2.18 bits per heavy atom. The van der Waals surface area contributed by atoms with Gasteiger partial charge in [-0.1, -0.05) is 0 Å². The third-order valence-electron chi connectivity index (χ3n) is 2.95. The van der Waals surface area contributed by atoms with E-state index >= 15 is 0 Å². The van der Waals surface area contributed by atoms with Gasteiger partial charge in [0.05, 0.1) is 10.8 Å². The van der Waals surface area contributed by atoms with Crippen molar-refractivity contribution in [1.82, 2.24) is 4.57 Å². The van der Waals surface area contributed by atoms with Gasteiger partial charge in [0.15, 0.2) is 0 Å². The first-order chi connectivity index (χ1) is 8.13. The molecule has 0 saturated carbocycles. The zero-order valence-electron chi connectivity index (χ0n) is 10.0. The molecule has 0 radical (unpaired) electrons. The van der Waals surface area contributed by atoms with E-state index in [1.807, 2.05) is 20.0 Å². The number of rotatable bonds is 3. The number of hydrogen-bond acceptors (Lipinski definition) is 4. The van der Waals surface area contributed by atoms with Crippen LogP contribution in [0.5, 0.6) is 0 Å². The van der Waals surface area contributed by atoms with Gasteiger partial charge >= 0.3 is 0 Å². The molecule has 1 saturated heterocycles. The lowest BCUT2D eigenvalue weighted by Gasteiger charge is -2.33. The quantitative estimate of drug-likeness (QED) is 0.609. The van der Waals surface area contributed by atoms with Gasteiger partial charge in [-0.25, -0.2) is 0 Å². The van der Waals surface area contributed by atoms with Crippen molar-refractivity contribution in [3.05, 3.63) is 22.6 Å². The van der Waals surface area contributed by atoms with Crippen LogP contribution in [0.15, 0.2) is 22.1 Å². The molecule has 1 aliphatic heterocycles. The summed E-state index contributed by atoms with van der Waals surface area (Å²) in [5.74, 6) is 0. The van der Waals surface area contributed by atoms with Crippen molar-refractivity contribution in [3.63, 3.8) is 0 Å². The van der Waals surface area contributed by atoms with Gasteiger partial charge in [-0.3, -0.25) is 4.79 Å². The number of hydrogen-bond donors (Lipinski definition) is 0. The van der Waals surface area contributed by atoms with E-state index in [4.69, 9.17) is 0 Å². The fourth-order valence-electron chi connectivity index (χ4n) is 1.83. The van der Waals surface area contributed by atoms with Gasteiger partial charge in [-0.15, -0.1) is 0 Å². The summed E-state index contributed by atoms with van der Waals surface area (Å²) in [6.45, 7) is 6.03. The van der Waals surface area contributed by atoms with E-state index in [1.165, 1.54) is 6.42 Å². The molecule has 1 fully saturated rings. The summed E-state index contributed by atoms with van der Waals surface area (Å²) in [5.41, 5.74) is 1.30. The summed E-state index contributed by atoms with van der Waals surface area (Å²) in [4.78, 5) is 18.1. The van der Waals surface area contributed by atoms with Crippen LogP contribution in [0, 0.1) is 0 Å². The molecule has 0 bridgehead atoms. The molecule has 0 aliphatic carbocycles. The molecular weight excluding hydrogens is 234 g/mol. The van der Waals surface area contributed by atoms with Crippen LogP contribution in [0.2, 0.25) is 0 Å². The third-order valence-corrected chi connectivity index (χ3v) is 3.04. The summed E-state index contributed by atoms with van der Waals surface area (Å²) < 4.78 is 1.69. The first-order valence-electron chi connectivity index (χ1n) is 5.72. The van der Waals surface area contributed by atoms with Crippen molar-refractivity contribution in [2.24, 2.45) is 4.99 Å². The van der Waals surface area contributed by atoms with E-state index in [0.717, 1.165) is 18.8 Å². The van der Waals surface area contributed by atoms with Crippen molar-refractivity contribution in [3.8, 4) is 0 Å². The largest absolute Gasteiger partial charge is 0.370 e. The van der Waals surface area contributed by atoms with Gasteiger partial charge in [-0.05, 0) is 38.6 Å². The van der Waals surface area contributed by atoms with Gasteiger partial charge in [0.1, 0.15) is 5.69 Å². The number of anilines is 1. The Kier molecular flexibility index (Phi) is 3.41. The highest BCUT2D eigenvalue weighted by atomic mass is 32.1. The molecule has 1 aromatic rings.